The Morgan fingerprint density at radius 1 is 0.627 bits per heavy atom. The number of H-pyrrole nitrogens is 2. The fraction of sp³-hybridized carbons (Fsp3) is 0.244. The molecule has 0 aliphatic carbocycles. The molecule has 5 amide bonds. The molecule has 2 aromatic heterocycles. The van der Waals surface area contributed by atoms with Crippen LogP contribution in [0.4, 0.5) is 5.69 Å². The van der Waals surface area contributed by atoms with Crippen LogP contribution in [0.3, 0.4) is 0 Å². The van der Waals surface area contributed by atoms with Crippen LogP contribution in [0.15, 0.2) is 121 Å². The first-order valence-electron chi connectivity index (χ1n) is 19.6. The van der Waals surface area contributed by atoms with E-state index in [1.54, 1.807) is 17.0 Å². The van der Waals surface area contributed by atoms with Gasteiger partial charge in [-0.3, -0.25) is 28.8 Å². The third-order valence-corrected chi connectivity index (χ3v) is 11.2. The Kier molecular flexibility index (Phi) is 10.9. The maximum Gasteiger partial charge on any atom is 0.310 e. The fourth-order valence-electron chi connectivity index (χ4n) is 8.09. The van der Waals surface area contributed by atoms with Crippen molar-refractivity contribution >= 4 is 63.0 Å². The summed E-state index contributed by atoms with van der Waals surface area (Å²) in [6.07, 6.45) is 1.95. The third kappa shape index (κ3) is 8.15. The summed E-state index contributed by atoms with van der Waals surface area (Å²) in [6.45, 7) is 2.04. The summed E-state index contributed by atoms with van der Waals surface area (Å²) in [5.74, 6) is -4.30. The van der Waals surface area contributed by atoms with Crippen LogP contribution in [-0.4, -0.2) is 98.6 Å². The monoisotopic (exact) mass is 793 g/mol. The van der Waals surface area contributed by atoms with E-state index in [9.17, 15) is 33.9 Å². The van der Waals surface area contributed by atoms with E-state index in [4.69, 9.17) is 0 Å². The molecular weight excluding hydrogens is 751 g/mol. The van der Waals surface area contributed by atoms with Crippen LogP contribution in [0.1, 0.15) is 39.4 Å². The molecule has 4 atom stereocenters. The van der Waals surface area contributed by atoms with Crippen LogP contribution >= 0.6 is 0 Å². The number of fused-ring (bicyclic) bond motifs is 2. The number of carbonyl (C=O) groups is 6. The predicted octanol–water partition coefficient (Wildman–Crippen LogP) is 4.56. The Morgan fingerprint density at radius 2 is 1.14 bits per heavy atom. The molecule has 3 aliphatic heterocycles. The Hall–Kier alpha value is -7.22. The molecule has 3 saturated heterocycles. The fourth-order valence-corrected chi connectivity index (χ4v) is 8.09. The van der Waals surface area contributed by atoms with Crippen molar-refractivity contribution < 1.29 is 33.9 Å². The van der Waals surface area contributed by atoms with Gasteiger partial charge in [-0.15, -0.1) is 0 Å². The Balaban J connectivity index is 0.000000165. The second-order valence-corrected chi connectivity index (χ2v) is 15.0. The molecule has 4 aromatic carbocycles. The summed E-state index contributed by atoms with van der Waals surface area (Å²) in [6, 6.07) is 35.1. The molecule has 6 aromatic rings. The SMILES string of the molecule is O=C(N[C@@H]1C(=O)N(Cc2ccccc2)C[C@@H]1C(=O)O)c1cc2ccccc2[nH]1.O=C(N[C@H]1C(=O)N(c2ccccc2)C[C@@H]1C(=O)N1CCCC1)c1cc2ccccc2[nH]1. The number of anilines is 1. The number of carboxylic acid groups (broad SMARTS) is 1. The maximum atomic E-state index is 13.3. The lowest BCUT2D eigenvalue weighted by Crippen LogP contribution is -2.49. The van der Waals surface area contributed by atoms with Gasteiger partial charge < -0.3 is 40.4 Å². The summed E-state index contributed by atoms with van der Waals surface area (Å²) in [4.78, 5) is 87.6. The summed E-state index contributed by atoms with van der Waals surface area (Å²) in [5, 5.41) is 16.8. The summed E-state index contributed by atoms with van der Waals surface area (Å²) in [5.41, 5.74) is 3.95. The number of hydrogen-bond acceptors (Lipinski definition) is 6. The average molecular weight is 794 g/mol. The molecule has 5 N–H and O–H groups in total. The highest BCUT2D eigenvalue weighted by molar-refractivity contribution is 6.08. The first-order chi connectivity index (χ1) is 28.6. The summed E-state index contributed by atoms with van der Waals surface area (Å²) in [7, 11) is 0. The lowest BCUT2D eigenvalue weighted by atomic mass is 10.0. The van der Waals surface area contributed by atoms with Crippen molar-refractivity contribution in [1.82, 2.24) is 30.4 Å². The van der Waals surface area contributed by atoms with E-state index in [1.165, 1.54) is 4.90 Å². The van der Waals surface area contributed by atoms with E-state index >= 15 is 0 Å². The molecule has 59 heavy (non-hydrogen) atoms. The van der Waals surface area contributed by atoms with E-state index in [0.717, 1.165) is 45.9 Å². The minimum atomic E-state index is -1.11. The Labute approximate surface area is 339 Å². The van der Waals surface area contributed by atoms with Gasteiger partial charge in [0.2, 0.25) is 17.7 Å². The number of nitrogens with one attached hydrogen (secondary N) is 4. The highest BCUT2D eigenvalue weighted by Gasteiger charge is 2.48. The Morgan fingerprint density at radius 3 is 1.68 bits per heavy atom. The largest absolute Gasteiger partial charge is 0.481 e. The molecule has 300 valence electrons. The lowest BCUT2D eigenvalue weighted by molar-refractivity contribution is -0.142. The third-order valence-electron chi connectivity index (χ3n) is 11.2. The molecule has 5 heterocycles. The summed E-state index contributed by atoms with van der Waals surface area (Å²) >= 11 is 0. The number of carboxylic acids is 1. The van der Waals surface area contributed by atoms with Crippen LogP contribution in [0.25, 0.3) is 21.8 Å². The van der Waals surface area contributed by atoms with Crippen molar-refractivity contribution in [3.8, 4) is 0 Å². The smallest absolute Gasteiger partial charge is 0.310 e. The molecule has 9 rings (SSSR count). The van der Waals surface area contributed by atoms with Gasteiger partial charge in [-0.1, -0.05) is 84.9 Å². The second kappa shape index (κ2) is 16.7. The molecule has 0 unspecified atom stereocenters. The van der Waals surface area contributed by atoms with Gasteiger partial charge in [0.25, 0.3) is 11.8 Å². The number of benzene rings is 4. The number of hydrogen-bond donors (Lipinski definition) is 5. The van der Waals surface area contributed by atoms with Crippen molar-refractivity contribution in [1.29, 1.82) is 0 Å². The maximum absolute atomic E-state index is 13.3. The van der Waals surface area contributed by atoms with Crippen molar-refractivity contribution in [3.63, 3.8) is 0 Å². The van der Waals surface area contributed by atoms with Crippen LogP contribution < -0.4 is 15.5 Å². The number of carbonyl (C=O) groups excluding carboxylic acids is 5. The molecule has 0 bridgehead atoms. The van der Waals surface area contributed by atoms with Crippen LogP contribution in [0.5, 0.6) is 0 Å². The van der Waals surface area contributed by atoms with E-state index in [1.807, 2.05) is 114 Å². The van der Waals surface area contributed by atoms with Crippen LogP contribution in [0.2, 0.25) is 0 Å². The molecule has 0 radical (unpaired) electrons. The van der Waals surface area contributed by atoms with Crippen LogP contribution in [0, 0.1) is 11.8 Å². The molecule has 0 saturated carbocycles. The highest BCUT2D eigenvalue weighted by atomic mass is 16.4. The Bertz CT molecular complexity index is 2460. The molecule has 0 spiro atoms. The standard InChI is InChI=1S/C24H24N4O3.C21H19N3O4/c29-22(20-14-16-8-4-5-11-19(16)25-20)26-21-18(23(30)27-12-6-7-13-27)15-28(24(21)31)17-9-2-1-3-10-17;25-19(17-10-14-8-4-5-9-16(14)22-17)23-18-15(21(27)28)12-24(20(18)26)11-13-6-2-1-3-7-13/h1-5,8-11,14,18,21,25H,6-7,12-13,15H2,(H,26,29);1-10,15,18,22H,11-12H2,(H,23,25)(H,27,28)/t18-,21+;15-,18-/m00/s1. The quantitative estimate of drug-likeness (QED) is 0.142. The number of aliphatic carboxylic acids is 1. The van der Waals surface area contributed by atoms with Gasteiger partial charge in [0.1, 0.15) is 29.4 Å². The molecule has 14 nitrogen and oxygen atoms in total. The van der Waals surface area contributed by atoms with E-state index in [2.05, 4.69) is 20.6 Å². The van der Waals surface area contributed by atoms with E-state index in [0.29, 0.717) is 31.0 Å². The number of aromatic nitrogens is 2. The topological polar surface area (TPSA) is 188 Å². The van der Waals surface area contributed by atoms with Gasteiger partial charge >= 0.3 is 5.97 Å². The minimum Gasteiger partial charge on any atom is -0.481 e. The number of rotatable bonds is 9. The zero-order chi connectivity index (χ0) is 41.0. The number of nitrogens with zero attached hydrogens (tertiary/aromatic N) is 3. The second-order valence-electron chi connectivity index (χ2n) is 15.0. The van der Waals surface area contributed by atoms with Crippen molar-refractivity contribution in [2.75, 3.05) is 31.1 Å². The van der Waals surface area contributed by atoms with E-state index < -0.39 is 35.8 Å². The molecule has 14 heteroatoms. The van der Waals surface area contributed by atoms with Crippen molar-refractivity contribution in [2.45, 2.75) is 31.5 Å². The normalized spacial score (nSPS) is 20.2. The number of amides is 5. The van der Waals surface area contributed by atoms with Crippen molar-refractivity contribution in [2.24, 2.45) is 11.8 Å². The van der Waals surface area contributed by atoms with Gasteiger partial charge in [-0.05, 0) is 54.8 Å². The highest BCUT2D eigenvalue weighted by Crippen LogP contribution is 2.29. The summed E-state index contributed by atoms with van der Waals surface area (Å²) < 4.78 is 0. The lowest BCUT2D eigenvalue weighted by Gasteiger charge is -2.23. The first kappa shape index (κ1) is 38.6. The van der Waals surface area contributed by atoms with Gasteiger partial charge in [-0.2, -0.15) is 0 Å². The molecular formula is C45H43N7O7. The van der Waals surface area contributed by atoms with Gasteiger partial charge in [0.15, 0.2) is 0 Å². The number of likely N-dealkylation sites (tertiary alicyclic amines) is 2. The van der Waals surface area contributed by atoms with Crippen molar-refractivity contribution in [3.05, 3.63) is 138 Å². The zero-order valence-electron chi connectivity index (χ0n) is 32.0. The van der Waals surface area contributed by atoms with Gasteiger partial charge in [0.05, 0.1) is 5.92 Å². The molecule has 3 aliphatic rings. The minimum absolute atomic E-state index is 0.0563. The van der Waals surface area contributed by atoms with Gasteiger partial charge in [-0.25, -0.2) is 0 Å². The van der Waals surface area contributed by atoms with Crippen LogP contribution in [-0.2, 0) is 25.7 Å². The molecule has 3 fully saturated rings. The average Bonchev–Trinajstić information content (AvgIpc) is 4.11. The predicted molar refractivity (Wildman–Crippen MR) is 220 cm³/mol. The number of para-hydroxylation sites is 3. The van der Waals surface area contributed by atoms with E-state index in [-0.39, 0.29) is 36.7 Å². The first-order valence-corrected chi connectivity index (χ1v) is 19.6. The van der Waals surface area contributed by atoms with Gasteiger partial charge in [0, 0.05) is 60.2 Å². The zero-order valence-corrected chi connectivity index (χ0v) is 32.0. The number of aromatic amines is 2.